The van der Waals surface area contributed by atoms with Crippen molar-refractivity contribution in [2.24, 2.45) is 17.8 Å². The van der Waals surface area contributed by atoms with E-state index < -0.39 is 89.2 Å². The molecule has 0 spiro atoms. The van der Waals surface area contributed by atoms with E-state index in [0.717, 1.165) is 6.92 Å². The molecule has 0 bridgehead atoms. The normalized spacial score (nSPS) is 38.5. The molecule has 2 aromatic heterocycles. The number of hydrogen-bond donors (Lipinski definition) is 2. The van der Waals surface area contributed by atoms with E-state index in [9.17, 15) is 24.3 Å². The van der Waals surface area contributed by atoms with E-state index in [1.165, 1.54) is 25.2 Å². The first kappa shape index (κ1) is 43.3. The fourth-order valence-electron chi connectivity index (χ4n) is 8.24. The Labute approximate surface area is 330 Å². The molecule has 3 aliphatic rings. The zero-order chi connectivity index (χ0) is 41.3. The average molecular weight is 805 g/mol. The molecule has 56 heavy (non-hydrogen) atoms. The van der Waals surface area contributed by atoms with Gasteiger partial charge in [0.2, 0.25) is 5.76 Å². The predicted octanol–water partition coefficient (Wildman–Crippen LogP) is 4.10. The second-order valence-electron chi connectivity index (χ2n) is 15.9. The molecule has 2 N–H and O–H groups in total. The molecule has 0 radical (unpaired) electrons. The Hall–Kier alpha value is -3.79. The molecular weight excluding hydrogens is 752 g/mol. The van der Waals surface area contributed by atoms with Gasteiger partial charge < -0.3 is 43.5 Å². The van der Waals surface area contributed by atoms with Crippen molar-refractivity contribution >= 4 is 35.0 Å². The lowest BCUT2D eigenvalue weighted by Gasteiger charge is -2.47. The Balaban J connectivity index is 1.58. The van der Waals surface area contributed by atoms with E-state index in [0.29, 0.717) is 17.1 Å². The lowest BCUT2D eigenvalue weighted by atomic mass is 9.73. The third kappa shape index (κ3) is 8.70. The third-order valence-electron chi connectivity index (χ3n) is 11.3. The maximum Gasteiger partial charge on any atom is 0.408 e. The number of cyclic esters (lactones) is 1. The van der Waals surface area contributed by atoms with Crippen LogP contribution in [0.1, 0.15) is 80.4 Å². The van der Waals surface area contributed by atoms with Crippen molar-refractivity contribution in [3.63, 3.8) is 0 Å². The number of nitrogens with one attached hydrogen (secondary N) is 1. The van der Waals surface area contributed by atoms with Crippen LogP contribution < -0.4 is 5.32 Å². The minimum atomic E-state index is -3.22. The van der Waals surface area contributed by atoms with Gasteiger partial charge in [0, 0.05) is 41.4 Å². The number of aliphatic hydroxyl groups is 1. The van der Waals surface area contributed by atoms with Crippen LogP contribution in [-0.2, 0) is 38.1 Å². The van der Waals surface area contributed by atoms with Crippen LogP contribution in [0.4, 0.5) is 9.18 Å². The number of carbonyl (C=O) groups is 4. The summed E-state index contributed by atoms with van der Waals surface area (Å²) in [5.74, 6) is -0.184. The van der Waals surface area contributed by atoms with Gasteiger partial charge in [-0.25, -0.2) is 19.0 Å². The van der Waals surface area contributed by atoms with Crippen LogP contribution in [0.3, 0.4) is 0 Å². The van der Waals surface area contributed by atoms with E-state index in [1.54, 1.807) is 59.4 Å². The van der Waals surface area contributed by atoms with Crippen molar-refractivity contribution in [2.45, 2.75) is 134 Å². The highest BCUT2D eigenvalue weighted by atomic mass is 32.1. The van der Waals surface area contributed by atoms with Gasteiger partial charge in [0.15, 0.2) is 17.7 Å². The van der Waals surface area contributed by atoms with Gasteiger partial charge in [-0.3, -0.25) is 9.59 Å². The third-order valence-corrected chi connectivity index (χ3v) is 12.1. The molecule has 13 atom stereocenters. The lowest BCUT2D eigenvalue weighted by Crippen LogP contribution is -2.61. The first-order valence-corrected chi connectivity index (χ1v) is 19.7. The van der Waals surface area contributed by atoms with Gasteiger partial charge >= 0.3 is 12.1 Å². The Bertz CT molecular complexity index is 1810. The highest BCUT2D eigenvalue weighted by Crippen LogP contribution is 2.41. The van der Waals surface area contributed by atoms with E-state index in [1.807, 2.05) is 11.8 Å². The SMILES string of the molecule is CC[C@@H]1OC(=O)[C@@](C)(F)C(=O)[C@H](C)[C@@H](O[C@@H]2O[C@H](C)C[C@H](N(C)C)[C@H]2O)[C@@](C)(OCC#Cc2cc(-c3nccs3)no2)C[C@@H](C)C(=O)[C@@H](C)[C@H]2NC(=O)O[C@]12C. The van der Waals surface area contributed by atoms with Crippen LogP contribution in [0.15, 0.2) is 22.2 Å². The molecular formula is C39H53FN4O11S. The molecule has 5 rings (SSSR count). The zero-order valence-corrected chi connectivity index (χ0v) is 34.3. The number of alkyl halides is 1. The number of fused-ring (bicyclic) bond motifs is 1. The van der Waals surface area contributed by atoms with E-state index in [4.69, 9.17) is 28.2 Å². The number of alkyl carbamates (subject to hydrolysis) is 1. The summed E-state index contributed by atoms with van der Waals surface area (Å²) in [5, 5.41) is 20.7. The summed E-state index contributed by atoms with van der Waals surface area (Å²) in [6.45, 7) is 11.8. The second kappa shape index (κ2) is 17.0. The molecule has 5 heterocycles. The van der Waals surface area contributed by atoms with Crippen LogP contribution in [-0.4, -0.2) is 124 Å². The summed E-state index contributed by atoms with van der Waals surface area (Å²) in [4.78, 5) is 61.2. The summed E-state index contributed by atoms with van der Waals surface area (Å²) in [7, 11) is 3.61. The molecule has 1 amide bonds. The van der Waals surface area contributed by atoms with Crippen LogP contribution >= 0.6 is 11.3 Å². The number of ether oxygens (including phenoxy) is 5. The second-order valence-corrected chi connectivity index (χ2v) is 16.8. The van der Waals surface area contributed by atoms with Crippen molar-refractivity contribution < 1.29 is 56.9 Å². The summed E-state index contributed by atoms with van der Waals surface area (Å²) in [6.07, 6.45) is -4.32. The van der Waals surface area contributed by atoms with Crippen molar-refractivity contribution in [1.29, 1.82) is 0 Å². The highest BCUT2D eigenvalue weighted by molar-refractivity contribution is 7.13. The minimum absolute atomic E-state index is 0.0745. The van der Waals surface area contributed by atoms with Crippen LogP contribution in [0.5, 0.6) is 0 Å². The topological polar surface area (TPSA) is 189 Å². The minimum Gasteiger partial charge on any atom is -0.455 e. The molecule has 17 heteroatoms. The summed E-state index contributed by atoms with van der Waals surface area (Å²) >= 11 is 1.38. The molecule has 3 saturated heterocycles. The summed E-state index contributed by atoms with van der Waals surface area (Å²) < 4.78 is 52.7. The predicted molar refractivity (Wildman–Crippen MR) is 200 cm³/mol. The molecule has 3 fully saturated rings. The number of nitrogens with zero attached hydrogens (tertiary/aromatic N) is 3. The zero-order valence-electron chi connectivity index (χ0n) is 33.5. The number of esters is 1. The first-order valence-electron chi connectivity index (χ1n) is 18.9. The van der Waals surface area contributed by atoms with Crippen molar-refractivity contribution in [2.75, 3.05) is 20.7 Å². The quantitative estimate of drug-likeness (QED) is 0.231. The van der Waals surface area contributed by atoms with Crippen molar-refractivity contribution in [1.82, 2.24) is 20.4 Å². The Morgan fingerprint density at radius 1 is 1.12 bits per heavy atom. The van der Waals surface area contributed by atoms with E-state index in [-0.39, 0.29) is 37.1 Å². The fraction of sp³-hybridized carbons (Fsp3) is 0.692. The van der Waals surface area contributed by atoms with Crippen molar-refractivity contribution in [3.8, 4) is 22.5 Å². The number of aromatic nitrogens is 2. The number of ketones is 2. The molecule has 15 nitrogen and oxygen atoms in total. The van der Waals surface area contributed by atoms with E-state index >= 15 is 4.39 Å². The number of carbonyl (C=O) groups excluding carboxylic acids is 4. The molecule has 2 aromatic rings. The number of hydrogen-bond acceptors (Lipinski definition) is 15. The van der Waals surface area contributed by atoms with Gasteiger partial charge in [-0.1, -0.05) is 38.8 Å². The highest BCUT2D eigenvalue weighted by Gasteiger charge is 2.59. The largest absolute Gasteiger partial charge is 0.455 e. The van der Waals surface area contributed by atoms with Gasteiger partial charge in [0.25, 0.3) is 5.67 Å². The number of Topliss-reactive ketones (excluding diaryl/α,β-unsaturated/α-hetero) is 2. The monoisotopic (exact) mass is 804 g/mol. The fourth-order valence-corrected chi connectivity index (χ4v) is 8.83. The van der Waals surface area contributed by atoms with Gasteiger partial charge in [-0.05, 0) is 67.0 Å². The van der Waals surface area contributed by atoms with E-state index in [2.05, 4.69) is 27.3 Å². The Kier molecular flexibility index (Phi) is 13.1. The smallest absolute Gasteiger partial charge is 0.408 e. The Morgan fingerprint density at radius 2 is 1.84 bits per heavy atom. The molecule has 308 valence electrons. The van der Waals surface area contributed by atoms with Crippen LogP contribution in [0, 0.1) is 29.6 Å². The Morgan fingerprint density at radius 3 is 2.48 bits per heavy atom. The lowest BCUT2D eigenvalue weighted by molar-refractivity contribution is -0.296. The standard InChI is InChI=1S/C39H53FN4O11S/c1-11-27-39(8)30(42-36(49)54-39)22(4)28(45)20(2)19-37(6,50-15-12-13-24-18-25(43-55-24)33-41-14-16-56-33)32(23(5)31(47)38(7,40)35(48)52-27)53-34-29(46)26(44(9)10)17-21(3)51-34/h14,16,18,20-23,26-27,29-30,32,34,46H,11,15,17,19H2,1-10H3,(H,42,49)/t20-,21-,22-,23+,26+,27+,29-,30-,32-,34+,37+,38+,39-/m1/s1. The number of rotatable bonds is 7. The van der Waals surface area contributed by atoms with Crippen molar-refractivity contribution in [3.05, 3.63) is 23.4 Å². The maximum atomic E-state index is 16.8. The van der Waals surface area contributed by atoms with Gasteiger partial charge in [0.1, 0.15) is 35.3 Å². The van der Waals surface area contributed by atoms with Gasteiger partial charge in [0.05, 0.1) is 23.9 Å². The summed E-state index contributed by atoms with van der Waals surface area (Å²) in [6, 6.07) is 0.231. The number of amides is 1. The first-order chi connectivity index (χ1) is 26.2. The molecule has 0 aromatic carbocycles. The summed E-state index contributed by atoms with van der Waals surface area (Å²) in [5.41, 5.74) is -5.93. The molecule has 0 aliphatic carbocycles. The number of aliphatic hydroxyl groups excluding tert-OH is 1. The van der Waals surface area contributed by atoms with Gasteiger partial charge in [-0.2, -0.15) is 0 Å². The number of thiazole rings is 1. The van der Waals surface area contributed by atoms with Gasteiger partial charge in [-0.15, -0.1) is 11.3 Å². The average Bonchev–Trinajstić information content (AvgIpc) is 3.91. The molecule has 0 saturated carbocycles. The molecule has 0 unspecified atom stereocenters. The van der Waals surface area contributed by atoms with Crippen LogP contribution in [0.25, 0.3) is 10.7 Å². The van der Waals surface area contributed by atoms with Crippen LogP contribution in [0.2, 0.25) is 0 Å². The number of likely N-dealkylation sites (N-methyl/N-ethyl adjacent to an activating group) is 1. The maximum absolute atomic E-state index is 16.8. The molecule has 3 aliphatic heterocycles. The number of halogens is 1.